The average Bonchev–Trinajstić information content (AvgIpc) is 3.15. The molecule has 5 nitrogen and oxygen atoms in total. The van der Waals surface area contributed by atoms with Crippen LogP contribution in [0.3, 0.4) is 0 Å². The molecule has 0 N–H and O–H groups in total. The maximum absolute atomic E-state index is 12.7. The Balaban J connectivity index is 1.67. The highest BCUT2D eigenvalue weighted by atomic mass is 32.1. The Morgan fingerprint density at radius 2 is 2.09 bits per heavy atom. The summed E-state index contributed by atoms with van der Waals surface area (Å²) in [4.78, 5) is 15.6. The van der Waals surface area contributed by atoms with Crippen molar-refractivity contribution in [3.05, 3.63) is 34.0 Å². The van der Waals surface area contributed by atoms with Gasteiger partial charge in [0.05, 0.1) is 4.88 Å². The van der Waals surface area contributed by atoms with E-state index in [0.717, 1.165) is 36.6 Å². The van der Waals surface area contributed by atoms with Gasteiger partial charge in [-0.25, -0.2) is 0 Å². The van der Waals surface area contributed by atoms with Crippen LogP contribution < -0.4 is 0 Å². The number of thiophene rings is 1. The SMILES string of the molecule is CC(C)c1ccsc1C(=O)N1CCC(c2nncn2C)CC1. The fourth-order valence-electron chi connectivity index (χ4n) is 3.09. The Labute approximate surface area is 135 Å². The minimum Gasteiger partial charge on any atom is -0.338 e. The molecule has 1 amide bonds. The first-order valence-electron chi connectivity index (χ1n) is 7.78. The van der Waals surface area contributed by atoms with Crippen molar-refractivity contribution in [1.29, 1.82) is 0 Å². The van der Waals surface area contributed by atoms with Crippen LogP contribution in [-0.4, -0.2) is 38.7 Å². The van der Waals surface area contributed by atoms with Gasteiger partial charge in [-0.2, -0.15) is 0 Å². The van der Waals surface area contributed by atoms with Gasteiger partial charge in [0.25, 0.3) is 5.91 Å². The van der Waals surface area contributed by atoms with Crippen molar-refractivity contribution >= 4 is 17.2 Å². The van der Waals surface area contributed by atoms with Crippen LogP contribution in [0, 0.1) is 0 Å². The second-order valence-corrected chi connectivity index (χ2v) is 7.14. The molecular formula is C16H22N4OS. The van der Waals surface area contributed by atoms with E-state index in [1.165, 1.54) is 5.56 Å². The molecule has 0 aliphatic carbocycles. The fourth-order valence-corrected chi connectivity index (χ4v) is 4.11. The van der Waals surface area contributed by atoms with Crippen LogP contribution in [0.1, 0.15) is 59.6 Å². The Kier molecular flexibility index (Phi) is 4.29. The van der Waals surface area contributed by atoms with Crippen molar-refractivity contribution in [3.63, 3.8) is 0 Å². The summed E-state index contributed by atoms with van der Waals surface area (Å²) in [6.45, 7) is 5.87. The minimum atomic E-state index is 0.190. The maximum Gasteiger partial charge on any atom is 0.264 e. The fraction of sp³-hybridized carbons (Fsp3) is 0.562. The van der Waals surface area contributed by atoms with E-state index in [-0.39, 0.29) is 5.91 Å². The Hall–Kier alpha value is -1.69. The van der Waals surface area contributed by atoms with Gasteiger partial charge in [0.2, 0.25) is 0 Å². The summed E-state index contributed by atoms with van der Waals surface area (Å²) in [5.41, 5.74) is 1.17. The zero-order chi connectivity index (χ0) is 15.7. The third-order valence-corrected chi connectivity index (χ3v) is 5.32. The molecule has 22 heavy (non-hydrogen) atoms. The van der Waals surface area contributed by atoms with E-state index in [1.54, 1.807) is 17.7 Å². The lowest BCUT2D eigenvalue weighted by atomic mass is 9.95. The number of likely N-dealkylation sites (tertiary alicyclic amines) is 1. The summed E-state index contributed by atoms with van der Waals surface area (Å²) in [6, 6.07) is 2.08. The van der Waals surface area contributed by atoms with Crippen molar-refractivity contribution in [2.45, 2.75) is 38.5 Å². The lowest BCUT2D eigenvalue weighted by molar-refractivity contribution is 0.0714. The lowest BCUT2D eigenvalue weighted by Gasteiger charge is -2.31. The molecule has 2 aromatic heterocycles. The van der Waals surface area contributed by atoms with Crippen LogP contribution in [0.5, 0.6) is 0 Å². The number of aryl methyl sites for hydroxylation is 1. The summed E-state index contributed by atoms with van der Waals surface area (Å²) in [6.07, 6.45) is 3.66. The summed E-state index contributed by atoms with van der Waals surface area (Å²) < 4.78 is 1.98. The van der Waals surface area contributed by atoms with Gasteiger partial charge in [-0.05, 0) is 35.8 Å². The molecule has 0 atom stereocenters. The molecule has 0 aromatic carbocycles. The van der Waals surface area contributed by atoms with E-state index in [9.17, 15) is 4.79 Å². The zero-order valence-electron chi connectivity index (χ0n) is 13.3. The Morgan fingerprint density at radius 1 is 1.36 bits per heavy atom. The molecule has 3 heterocycles. The average molecular weight is 318 g/mol. The lowest BCUT2D eigenvalue weighted by Crippen LogP contribution is -2.38. The predicted molar refractivity (Wildman–Crippen MR) is 87.3 cm³/mol. The minimum absolute atomic E-state index is 0.190. The zero-order valence-corrected chi connectivity index (χ0v) is 14.1. The van der Waals surface area contributed by atoms with Crippen molar-refractivity contribution in [3.8, 4) is 0 Å². The predicted octanol–water partition coefficient (Wildman–Crippen LogP) is 3.02. The number of amides is 1. The highest BCUT2D eigenvalue weighted by molar-refractivity contribution is 7.12. The molecule has 1 aliphatic heterocycles. The molecule has 1 saturated heterocycles. The Morgan fingerprint density at radius 3 is 2.68 bits per heavy atom. The van der Waals surface area contributed by atoms with Gasteiger partial charge < -0.3 is 9.47 Å². The van der Waals surface area contributed by atoms with Crippen LogP contribution in [0.15, 0.2) is 17.8 Å². The molecule has 0 radical (unpaired) electrons. The topological polar surface area (TPSA) is 51.0 Å². The Bertz CT molecular complexity index is 653. The first-order valence-corrected chi connectivity index (χ1v) is 8.66. The van der Waals surface area contributed by atoms with Crippen molar-refractivity contribution in [1.82, 2.24) is 19.7 Å². The molecule has 2 aromatic rings. The van der Waals surface area contributed by atoms with E-state index >= 15 is 0 Å². The number of piperidine rings is 1. The molecule has 6 heteroatoms. The van der Waals surface area contributed by atoms with E-state index in [0.29, 0.717) is 11.8 Å². The van der Waals surface area contributed by atoms with Crippen molar-refractivity contribution < 1.29 is 4.79 Å². The summed E-state index contributed by atoms with van der Waals surface area (Å²) in [7, 11) is 1.98. The normalized spacial score (nSPS) is 16.5. The van der Waals surface area contributed by atoms with Crippen LogP contribution in [0.4, 0.5) is 0 Å². The van der Waals surface area contributed by atoms with Crippen molar-refractivity contribution in [2.75, 3.05) is 13.1 Å². The van der Waals surface area contributed by atoms with Gasteiger partial charge in [0.1, 0.15) is 12.2 Å². The standard InChI is InChI=1S/C16H22N4OS/c1-11(2)13-6-9-22-14(13)16(21)20-7-4-12(5-8-20)15-18-17-10-19(15)3/h6,9-12H,4-5,7-8H2,1-3H3. The number of carbonyl (C=O) groups is 1. The molecular weight excluding hydrogens is 296 g/mol. The molecule has 118 valence electrons. The van der Waals surface area contributed by atoms with Crippen LogP contribution in [0.2, 0.25) is 0 Å². The van der Waals surface area contributed by atoms with Crippen LogP contribution in [0.25, 0.3) is 0 Å². The number of carbonyl (C=O) groups excluding carboxylic acids is 1. The summed E-state index contributed by atoms with van der Waals surface area (Å²) in [5, 5.41) is 10.2. The number of nitrogens with zero attached hydrogens (tertiary/aromatic N) is 4. The maximum atomic E-state index is 12.7. The van der Waals surface area contributed by atoms with E-state index in [4.69, 9.17) is 0 Å². The number of rotatable bonds is 3. The number of hydrogen-bond donors (Lipinski definition) is 0. The van der Waals surface area contributed by atoms with E-state index < -0.39 is 0 Å². The summed E-state index contributed by atoms with van der Waals surface area (Å²) in [5.74, 6) is 2.02. The third kappa shape index (κ3) is 2.79. The molecule has 0 spiro atoms. The third-order valence-electron chi connectivity index (χ3n) is 4.41. The molecule has 0 unspecified atom stereocenters. The second-order valence-electron chi connectivity index (χ2n) is 6.23. The monoisotopic (exact) mass is 318 g/mol. The first-order chi connectivity index (χ1) is 10.6. The molecule has 1 aliphatic rings. The first kappa shape index (κ1) is 15.2. The molecule has 0 saturated carbocycles. The van der Waals surface area contributed by atoms with Gasteiger partial charge in [-0.15, -0.1) is 21.5 Å². The van der Waals surface area contributed by atoms with Gasteiger partial charge in [0.15, 0.2) is 0 Å². The second kappa shape index (κ2) is 6.20. The van der Waals surface area contributed by atoms with Crippen LogP contribution in [-0.2, 0) is 7.05 Å². The highest BCUT2D eigenvalue weighted by Gasteiger charge is 2.28. The quantitative estimate of drug-likeness (QED) is 0.874. The highest BCUT2D eigenvalue weighted by Crippen LogP contribution is 2.30. The smallest absolute Gasteiger partial charge is 0.264 e. The molecule has 0 bridgehead atoms. The van der Waals surface area contributed by atoms with Gasteiger partial charge >= 0.3 is 0 Å². The molecule has 1 fully saturated rings. The van der Waals surface area contributed by atoms with Gasteiger partial charge in [-0.1, -0.05) is 13.8 Å². The van der Waals surface area contributed by atoms with E-state index in [1.807, 2.05) is 21.9 Å². The number of hydrogen-bond acceptors (Lipinski definition) is 4. The van der Waals surface area contributed by atoms with Gasteiger partial charge in [-0.3, -0.25) is 4.79 Å². The largest absolute Gasteiger partial charge is 0.338 e. The van der Waals surface area contributed by atoms with Gasteiger partial charge in [0, 0.05) is 26.1 Å². The van der Waals surface area contributed by atoms with Crippen LogP contribution >= 0.6 is 11.3 Å². The molecule has 3 rings (SSSR count). The van der Waals surface area contributed by atoms with Crippen molar-refractivity contribution in [2.24, 2.45) is 7.05 Å². The number of aromatic nitrogens is 3. The summed E-state index contributed by atoms with van der Waals surface area (Å²) >= 11 is 1.56. The van der Waals surface area contributed by atoms with E-state index in [2.05, 4.69) is 30.1 Å².